The fraction of sp³-hybridized carbons (Fsp3) is 1.00. The van der Waals surface area contributed by atoms with Gasteiger partial charge >= 0.3 is 0 Å². The molecule has 0 saturated heterocycles. The second kappa shape index (κ2) is 5.58. The molecule has 0 aromatic heterocycles. The fourth-order valence-electron chi connectivity index (χ4n) is 2.59. The van der Waals surface area contributed by atoms with E-state index in [0.29, 0.717) is 24.8 Å². The highest BCUT2D eigenvalue weighted by Gasteiger charge is 2.30. The fourth-order valence-corrected chi connectivity index (χ4v) is 2.59. The third kappa shape index (κ3) is 2.94. The van der Waals surface area contributed by atoms with Crippen LogP contribution < -0.4 is 5.73 Å². The van der Waals surface area contributed by atoms with E-state index in [4.69, 9.17) is 5.73 Å². The summed E-state index contributed by atoms with van der Waals surface area (Å²) in [5.74, 6) is 0.928. The van der Waals surface area contributed by atoms with Crippen molar-refractivity contribution in [2.45, 2.75) is 51.6 Å². The molecule has 1 saturated carbocycles. The Labute approximate surface area is 80.9 Å². The normalized spacial score (nSPS) is 31.6. The summed E-state index contributed by atoms with van der Waals surface area (Å²) in [7, 11) is 0. The highest BCUT2D eigenvalue weighted by Crippen LogP contribution is 2.36. The van der Waals surface area contributed by atoms with E-state index in [9.17, 15) is 4.39 Å². The molecule has 3 unspecified atom stereocenters. The minimum atomic E-state index is -0.643. The van der Waals surface area contributed by atoms with Crippen molar-refractivity contribution in [2.24, 2.45) is 17.6 Å². The van der Waals surface area contributed by atoms with Crippen LogP contribution in [0, 0.1) is 11.8 Å². The molecule has 0 aromatic carbocycles. The van der Waals surface area contributed by atoms with E-state index in [0.717, 1.165) is 12.8 Å². The maximum Gasteiger partial charge on any atom is 0.104 e. The Kier molecular flexibility index (Phi) is 4.71. The van der Waals surface area contributed by atoms with Gasteiger partial charge < -0.3 is 5.73 Å². The number of hydrogen-bond donors (Lipinski definition) is 1. The summed E-state index contributed by atoms with van der Waals surface area (Å²) in [5.41, 5.74) is 5.38. The SMILES string of the molecule is CCC1CCCCC1C(F)CCN. The molecule has 78 valence electrons. The minimum absolute atomic E-state index is 0.308. The molecule has 0 bridgehead atoms. The van der Waals surface area contributed by atoms with Gasteiger partial charge in [0, 0.05) is 0 Å². The monoisotopic (exact) mass is 187 g/mol. The van der Waals surface area contributed by atoms with Crippen molar-refractivity contribution in [3.05, 3.63) is 0 Å². The first kappa shape index (κ1) is 11.0. The standard InChI is InChI=1S/C11H22FN/c1-2-9-5-3-4-6-10(9)11(12)7-8-13/h9-11H,2-8,13H2,1H3. The first-order valence-electron chi connectivity index (χ1n) is 5.63. The predicted molar refractivity (Wildman–Crippen MR) is 54.3 cm³/mol. The lowest BCUT2D eigenvalue weighted by atomic mass is 9.75. The van der Waals surface area contributed by atoms with Crippen molar-refractivity contribution in [1.82, 2.24) is 0 Å². The van der Waals surface area contributed by atoms with E-state index in [1.54, 1.807) is 0 Å². The first-order valence-corrected chi connectivity index (χ1v) is 5.63. The average Bonchev–Trinajstić information content (AvgIpc) is 2.18. The number of hydrogen-bond acceptors (Lipinski definition) is 1. The van der Waals surface area contributed by atoms with Crippen LogP contribution in [0.2, 0.25) is 0 Å². The van der Waals surface area contributed by atoms with Crippen molar-refractivity contribution in [1.29, 1.82) is 0 Å². The van der Waals surface area contributed by atoms with E-state index in [1.807, 2.05) is 0 Å². The topological polar surface area (TPSA) is 26.0 Å². The van der Waals surface area contributed by atoms with Gasteiger partial charge in [-0.3, -0.25) is 0 Å². The van der Waals surface area contributed by atoms with Gasteiger partial charge in [-0.15, -0.1) is 0 Å². The Hall–Kier alpha value is -0.110. The number of halogens is 1. The molecule has 1 aliphatic rings. The van der Waals surface area contributed by atoms with Crippen LogP contribution in [-0.4, -0.2) is 12.7 Å². The zero-order chi connectivity index (χ0) is 9.68. The van der Waals surface area contributed by atoms with Crippen LogP contribution in [0.1, 0.15) is 45.4 Å². The molecule has 1 aliphatic carbocycles. The molecule has 2 heteroatoms. The Bertz CT molecular complexity index is 138. The van der Waals surface area contributed by atoms with Crippen LogP contribution in [0.4, 0.5) is 4.39 Å². The van der Waals surface area contributed by atoms with E-state index < -0.39 is 6.17 Å². The van der Waals surface area contributed by atoms with Crippen LogP contribution in [-0.2, 0) is 0 Å². The average molecular weight is 187 g/mol. The molecule has 3 atom stereocenters. The molecule has 0 aliphatic heterocycles. The van der Waals surface area contributed by atoms with Gasteiger partial charge in [0.2, 0.25) is 0 Å². The molecular weight excluding hydrogens is 165 g/mol. The van der Waals surface area contributed by atoms with Crippen molar-refractivity contribution in [3.8, 4) is 0 Å². The van der Waals surface area contributed by atoms with Crippen LogP contribution >= 0.6 is 0 Å². The molecule has 0 spiro atoms. The zero-order valence-electron chi connectivity index (χ0n) is 8.64. The highest BCUT2D eigenvalue weighted by atomic mass is 19.1. The van der Waals surface area contributed by atoms with Crippen molar-refractivity contribution in [3.63, 3.8) is 0 Å². The van der Waals surface area contributed by atoms with Gasteiger partial charge in [0.1, 0.15) is 6.17 Å². The smallest absolute Gasteiger partial charge is 0.104 e. The van der Waals surface area contributed by atoms with Crippen molar-refractivity contribution < 1.29 is 4.39 Å². The van der Waals surface area contributed by atoms with E-state index >= 15 is 0 Å². The summed E-state index contributed by atoms with van der Waals surface area (Å²) >= 11 is 0. The van der Waals surface area contributed by atoms with E-state index in [-0.39, 0.29) is 0 Å². The summed E-state index contributed by atoms with van der Waals surface area (Å²) < 4.78 is 13.6. The van der Waals surface area contributed by atoms with Crippen molar-refractivity contribution in [2.75, 3.05) is 6.54 Å². The van der Waals surface area contributed by atoms with Crippen LogP contribution in [0.25, 0.3) is 0 Å². The van der Waals surface area contributed by atoms with Gasteiger partial charge in [-0.05, 0) is 31.2 Å². The largest absolute Gasteiger partial charge is 0.330 e. The summed E-state index contributed by atoms with van der Waals surface area (Å²) in [6, 6.07) is 0. The summed E-state index contributed by atoms with van der Waals surface area (Å²) in [6.07, 6.45) is 5.87. The maximum atomic E-state index is 13.6. The Balaban J connectivity index is 2.43. The zero-order valence-corrected chi connectivity index (χ0v) is 8.64. The predicted octanol–water partition coefficient (Wildman–Crippen LogP) is 2.89. The molecule has 13 heavy (non-hydrogen) atoms. The van der Waals surface area contributed by atoms with E-state index in [2.05, 4.69) is 6.92 Å². The molecule has 0 radical (unpaired) electrons. The van der Waals surface area contributed by atoms with Gasteiger partial charge in [-0.1, -0.05) is 32.6 Å². The molecule has 2 N–H and O–H groups in total. The molecule has 0 aromatic rings. The number of nitrogens with two attached hydrogens (primary N) is 1. The first-order chi connectivity index (χ1) is 6.29. The molecule has 1 rings (SSSR count). The Morgan fingerprint density at radius 3 is 2.69 bits per heavy atom. The molecule has 0 amide bonds. The van der Waals surface area contributed by atoms with Crippen molar-refractivity contribution >= 4 is 0 Å². The van der Waals surface area contributed by atoms with Crippen LogP contribution in [0.5, 0.6) is 0 Å². The number of rotatable bonds is 4. The summed E-state index contributed by atoms with van der Waals surface area (Å²) in [4.78, 5) is 0. The third-order valence-electron chi connectivity index (χ3n) is 3.40. The highest BCUT2D eigenvalue weighted by molar-refractivity contribution is 4.80. The quantitative estimate of drug-likeness (QED) is 0.719. The van der Waals surface area contributed by atoms with Gasteiger partial charge in [-0.2, -0.15) is 0 Å². The maximum absolute atomic E-state index is 13.6. The lowest BCUT2D eigenvalue weighted by molar-refractivity contribution is 0.111. The second-order valence-electron chi connectivity index (χ2n) is 4.21. The lowest BCUT2D eigenvalue weighted by Gasteiger charge is -2.33. The molecule has 0 heterocycles. The molecule has 1 nitrogen and oxygen atoms in total. The molecule has 1 fully saturated rings. The Morgan fingerprint density at radius 2 is 2.08 bits per heavy atom. The van der Waals surface area contributed by atoms with Gasteiger partial charge in [-0.25, -0.2) is 4.39 Å². The van der Waals surface area contributed by atoms with Gasteiger partial charge in [0.25, 0.3) is 0 Å². The van der Waals surface area contributed by atoms with Crippen LogP contribution in [0.3, 0.4) is 0 Å². The van der Waals surface area contributed by atoms with Gasteiger partial charge in [0.05, 0.1) is 0 Å². The lowest BCUT2D eigenvalue weighted by Crippen LogP contribution is -2.29. The van der Waals surface area contributed by atoms with Gasteiger partial charge in [0.15, 0.2) is 0 Å². The third-order valence-corrected chi connectivity index (χ3v) is 3.40. The summed E-state index contributed by atoms with van der Waals surface area (Å²) in [5, 5.41) is 0. The van der Waals surface area contributed by atoms with E-state index in [1.165, 1.54) is 19.3 Å². The number of alkyl halides is 1. The molecular formula is C11H22FN. The second-order valence-corrected chi connectivity index (χ2v) is 4.21. The Morgan fingerprint density at radius 1 is 1.38 bits per heavy atom. The minimum Gasteiger partial charge on any atom is -0.330 e. The van der Waals surface area contributed by atoms with Crippen LogP contribution in [0.15, 0.2) is 0 Å². The summed E-state index contributed by atoms with van der Waals surface area (Å²) in [6.45, 7) is 2.67.